The normalized spacial score (nSPS) is 16.7. The van der Waals surface area contributed by atoms with Gasteiger partial charge in [0.2, 0.25) is 0 Å². The molecule has 6 heteroatoms. The van der Waals surface area contributed by atoms with E-state index in [0.29, 0.717) is 6.99 Å². The fraction of sp³-hybridized carbons (Fsp3) is 1.00. The molecule has 7 heavy (non-hydrogen) atoms. The Kier molecular flexibility index (Phi) is 7.35. The minimum Gasteiger partial charge on any atom is -0.102 e. The van der Waals surface area contributed by atoms with Crippen molar-refractivity contribution in [1.82, 2.24) is 0 Å². The predicted octanol–water partition coefficient (Wildman–Crippen LogP) is 3.46. The molecule has 0 fully saturated rings. The first kappa shape index (κ1) is 9.58. The zero-order valence-corrected chi connectivity index (χ0v) is 10.4. The Morgan fingerprint density at radius 1 is 1.29 bits per heavy atom. The van der Waals surface area contributed by atoms with Crippen molar-refractivity contribution in [3.8, 4) is 0 Å². The Hall–Kier alpha value is 2.58. The molecule has 0 nitrogen and oxygen atoms in total. The van der Waals surface area contributed by atoms with Crippen LogP contribution in [0.5, 0.6) is 0 Å². The Morgan fingerprint density at radius 2 is 1.71 bits per heavy atom. The molecular weight excluding hydrogens is 198 g/mol. The molecule has 0 aliphatic heterocycles. The molecule has 0 rings (SSSR count). The van der Waals surface area contributed by atoms with Gasteiger partial charge < -0.3 is 0 Å². The van der Waals surface area contributed by atoms with Crippen molar-refractivity contribution in [3.05, 3.63) is 0 Å². The third-order valence-electron chi connectivity index (χ3n) is 0.478. The lowest BCUT2D eigenvalue weighted by molar-refractivity contribution is 2.51. The quantitative estimate of drug-likeness (QED) is 0.609. The second kappa shape index (κ2) is 5.37. The van der Waals surface area contributed by atoms with Crippen LogP contribution in [0, 0.1) is 0 Å². The minimum atomic E-state index is 0.212. The van der Waals surface area contributed by atoms with E-state index in [2.05, 4.69) is 33.5 Å². The van der Waals surface area contributed by atoms with Gasteiger partial charge in [-0.25, -0.2) is 0 Å². The molecule has 0 aromatic carbocycles. The summed E-state index contributed by atoms with van der Waals surface area (Å²) in [6.07, 6.45) is 0. The van der Waals surface area contributed by atoms with Gasteiger partial charge in [-0.3, -0.25) is 0 Å². The zero-order valence-electron chi connectivity index (χ0n) is 4.13. The molecule has 0 radical (unpaired) electrons. The molecular formula is CH10P6. The topological polar surface area (TPSA) is 0 Å². The summed E-state index contributed by atoms with van der Waals surface area (Å²) in [6.45, 7) is 2.78. The summed E-state index contributed by atoms with van der Waals surface area (Å²) >= 11 is 0. The van der Waals surface area contributed by atoms with E-state index in [4.69, 9.17) is 0 Å². The molecule has 0 aliphatic rings. The molecule has 0 aromatic heterocycles. The number of hydrogen-bond donors (Lipinski definition) is 0. The summed E-state index contributed by atoms with van der Waals surface area (Å²) in [4.78, 5) is 0. The number of hydrogen-bond acceptors (Lipinski definition) is 0. The van der Waals surface area contributed by atoms with E-state index in [9.17, 15) is 0 Å². The van der Waals surface area contributed by atoms with Gasteiger partial charge in [0.15, 0.2) is 0 Å². The summed E-state index contributed by atoms with van der Waals surface area (Å²) in [6, 6.07) is 0. The Bertz CT molecular complexity index is 41.4. The van der Waals surface area contributed by atoms with Crippen LogP contribution >= 0.6 is 49.0 Å². The lowest BCUT2D eigenvalue weighted by atomic mass is 12.0. The molecule has 0 N–H and O–H groups in total. The molecule has 0 bridgehead atoms. The van der Waals surface area contributed by atoms with Gasteiger partial charge in [-0.05, 0) is 20.6 Å². The van der Waals surface area contributed by atoms with E-state index in [-0.39, 0.29) is 6.99 Å². The summed E-state index contributed by atoms with van der Waals surface area (Å²) in [5.41, 5.74) is 0. The van der Waals surface area contributed by atoms with Crippen LogP contribution in [0.15, 0.2) is 0 Å². The SMILES string of the molecule is CPP(P)P(P)P. The third-order valence-corrected chi connectivity index (χ3v) is 26.3. The maximum absolute atomic E-state index is 2.91. The third kappa shape index (κ3) is 5.05. The molecule has 0 saturated carbocycles. The van der Waals surface area contributed by atoms with Gasteiger partial charge in [-0.1, -0.05) is 8.27 Å². The van der Waals surface area contributed by atoms with Gasteiger partial charge in [0.05, 0.1) is 0 Å². The van der Waals surface area contributed by atoms with Crippen LogP contribution in [-0.4, -0.2) is 6.66 Å². The molecule has 0 aliphatic carbocycles. The molecule has 44 valence electrons. The van der Waals surface area contributed by atoms with Gasteiger partial charge in [-0.2, -0.15) is 0 Å². The Balaban J connectivity index is 3.14. The monoisotopic (exact) mass is 208 g/mol. The first-order valence-electron chi connectivity index (χ1n) is 1.70. The molecule has 0 saturated heterocycles. The van der Waals surface area contributed by atoms with Gasteiger partial charge in [0.25, 0.3) is 0 Å². The van der Waals surface area contributed by atoms with E-state index in [1.807, 2.05) is 0 Å². The lowest BCUT2D eigenvalue weighted by Crippen LogP contribution is -1.27. The second-order valence-corrected chi connectivity index (χ2v) is 21.6. The standard InChI is InChI=1S/CH10P6/c1-5-7(4)6(2)3/h5H,2-4H2,1H3. The molecule has 5 unspecified atom stereocenters. The molecule has 0 spiro atoms. The van der Waals surface area contributed by atoms with Crippen LogP contribution in [0.4, 0.5) is 0 Å². The maximum Gasteiger partial charge on any atom is -0.0329 e. The molecule has 0 aromatic rings. The summed E-state index contributed by atoms with van der Waals surface area (Å²) < 4.78 is 0. The van der Waals surface area contributed by atoms with Crippen LogP contribution in [0.3, 0.4) is 0 Å². The van der Waals surface area contributed by atoms with Crippen molar-refractivity contribution in [3.63, 3.8) is 0 Å². The predicted molar refractivity (Wildman–Crippen MR) is 57.2 cm³/mol. The van der Waals surface area contributed by atoms with Gasteiger partial charge >= 0.3 is 0 Å². The fourth-order valence-electron chi connectivity index (χ4n) is 0.115. The highest BCUT2D eigenvalue weighted by atomic mass is 33.0. The van der Waals surface area contributed by atoms with Crippen LogP contribution in [-0.2, 0) is 0 Å². The van der Waals surface area contributed by atoms with Crippen LogP contribution in [0.2, 0.25) is 0 Å². The van der Waals surface area contributed by atoms with Gasteiger partial charge in [-0.15, -0.1) is 26.8 Å². The highest BCUT2D eigenvalue weighted by molar-refractivity contribution is 8.94. The average molecular weight is 208 g/mol. The van der Waals surface area contributed by atoms with E-state index < -0.39 is 0 Å². The van der Waals surface area contributed by atoms with Crippen molar-refractivity contribution < 1.29 is 0 Å². The first-order chi connectivity index (χ1) is 3.18. The van der Waals surface area contributed by atoms with E-state index >= 15 is 0 Å². The van der Waals surface area contributed by atoms with E-state index in [1.54, 1.807) is 0 Å². The average Bonchev–Trinajstić information content (AvgIpc) is 1.65. The van der Waals surface area contributed by atoms with Crippen LogP contribution in [0.1, 0.15) is 0 Å². The first-order valence-corrected chi connectivity index (χ1v) is 12.3. The zero-order chi connectivity index (χ0) is 5.86. The van der Waals surface area contributed by atoms with Crippen LogP contribution in [0.25, 0.3) is 0 Å². The highest BCUT2D eigenvalue weighted by Gasteiger charge is 2.00. The second-order valence-electron chi connectivity index (χ2n) is 0.948. The van der Waals surface area contributed by atoms with E-state index in [1.165, 1.54) is 0 Å². The number of rotatable bonds is 2. The minimum absolute atomic E-state index is 0.212. The van der Waals surface area contributed by atoms with Crippen molar-refractivity contribution in [2.24, 2.45) is 0 Å². The van der Waals surface area contributed by atoms with E-state index in [0.717, 1.165) is 8.27 Å². The van der Waals surface area contributed by atoms with Crippen molar-refractivity contribution in [1.29, 1.82) is 0 Å². The largest absolute Gasteiger partial charge is 0.102 e. The molecule has 0 amide bonds. The Labute approximate surface area is 56.1 Å². The van der Waals surface area contributed by atoms with Crippen molar-refractivity contribution >= 4 is 49.0 Å². The fourth-order valence-corrected chi connectivity index (χ4v) is 9.35. The van der Waals surface area contributed by atoms with Gasteiger partial charge in [0, 0.05) is 0 Å². The lowest BCUT2D eigenvalue weighted by Gasteiger charge is -2.11. The highest BCUT2D eigenvalue weighted by Crippen LogP contribution is 2.90. The Morgan fingerprint density at radius 3 is 1.71 bits per heavy atom. The van der Waals surface area contributed by atoms with Crippen LogP contribution < -0.4 is 0 Å². The van der Waals surface area contributed by atoms with Gasteiger partial charge in [0.1, 0.15) is 0 Å². The van der Waals surface area contributed by atoms with Crippen molar-refractivity contribution in [2.75, 3.05) is 6.66 Å². The maximum atomic E-state index is 2.91. The summed E-state index contributed by atoms with van der Waals surface area (Å²) in [5, 5.41) is 0. The van der Waals surface area contributed by atoms with Crippen molar-refractivity contribution in [2.45, 2.75) is 0 Å². The molecule has 0 heterocycles. The summed E-state index contributed by atoms with van der Waals surface area (Å²) in [5.74, 6) is 0. The summed E-state index contributed by atoms with van der Waals surface area (Å²) in [7, 11) is 9.76. The molecule has 5 atom stereocenters. The smallest absolute Gasteiger partial charge is 0.0329 e.